The van der Waals surface area contributed by atoms with E-state index in [2.05, 4.69) is 15.9 Å². The van der Waals surface area contributed by atoms with Gasteiger partial charge in [0.2, 0.25) is 5.91 Å². The van der Waals surface area contributed by atoms with Crippen LogP contribution >= 0.6 is 15.9 Å². The van der Waals surface area contributed by atoms with E-state index in [1.165, 1.54) is 17.0 Å². The molecule has 0 saturated carbocycles. The van der Waals surface area contributed by atoms with Gasteiger partial charge in [-0.1, -0.05) is 15.9 Å². The molecule has 0 bridgehead atoms. The largest absolute Gasteiger partial charge is 0.478 e. The molecule has 0 fully saturated rings. The van der Waals surface area contributed by atoms with Crippen LogP contribution < -0.4 is 0 Å². The van der Waals surface area contributed by atoms with Crippen LogP contribution in [0, 0.1) is 0 Å². The lowest BCUT2D eigenvalue weighted by Gasteiger charge is -2.14. The van der Waals surface area contributed by atoms with Crippen LogP contribution in [0.5, 0.6) is 0 Å². The molecule has 0 spiro atoms. The van der Waals surface area contributed by atoms with Crippen LogP contribution in [0.15, 0.2) is 27.6 Å². The molecule has 1 atom stereocenters. The third-order valence-corrected chi connectivity index (χ3v) is 4.40. The molecule has 7 heteroatoms. The topological polar surface area (TPSA) is 74.7 Å². The molecule has 19 heavy (non-hydrogen) atoms. The predicted molar refractivity (Wildman–Crippen MR) is 75.7 cm³/mol. The summed E-state index contributed by atoms with van der Waals surface area (Å²) in [6.07, 6.45) is 0. The summed E-state index contributed by atoms with van der Waals surface area (Å²) in [6, 6.07) is 4.40. The number of carboxylic acid groups (broad SMARTS) is 1. The standard InChI is InChI=1S/C12H14BrNO4S/c1-3-14(2)11(15)7-19(18)10-6-8(13)4-5-9(10)12(16)17/h4-6H,3,7H2,1-2H3,(H,16,17). The van der Waals surface area contributed by atoms with Crippen molar-refractivity contribution in [3.8, 4) is 0 Å². The molecule has 0 aromatic heterocycles. The molecule has 1 aromatic rings. The van der Waals surface area contributed by atoms with Gasteiger partial charge in [-0.15, -0.1) is 0 Å². The first kappa shape index (κ1) is 15.8. The minimum atomic E-state index is -1.68. The van der Waals surface area contributed by atoms with Crippen molar-refractivity contribution in [3.05, 3.63) is 28.2 Å². The quantitative estimate of drug-likeness (QED) is 0.880. The first-order valence-electron chi connectivity index (χ1n) is 5.52. The Balaban J connectivity index is 3.02. The highest BCUT2D eigenvalue weighted by Gasteiger charge is 2.19. The lowest BCUT2D eigenvalue weighted by molar-refractivity contribution is -0.126. The summed E-state index contributed by atoms with van der Waals surface area (Å²) in [6.45, 7) is 2.32. The van der Waals surface area contributed by atoms with Gasteiger partial charge in [-0.3, -0.25) is 9.00 Å². The Hall–Kier alpha value is -1.21. The molecule has 1 rings (SSSR count). The maximum atomic E-state index is 12.1. The average molecular weight is 348 g/mol. The van der Waals surface area contributed by atoms with Crippen LogP contribution in [0.4, 0.5) is 0 Å². The molecule has 1 amide bonds. The van der Waals surface area contributed by atoms with E-state index in [0.717, 1.165) is 0 Å². The van der Waals surface area contributed by atoms with Crippen LogP contribution in [0.25, 0.3) is 0 Å². The number of carbonyl (C=O) groups is 2. The van der Waals surface area contributed by atoms with Crippen LogP contribution in [0.3, 0.4) is 0 Å². The number of rotatable bonds is 5. The number of amides is 1. The second-order valence-corrected chi connectivity index (χ2v) is 6.18. The van der Waals surface area contributed by atoms with Crippen molar-refractivity contribution in [1.82, 2.24) is 4.90 Å². The number of nitrogens with zero attached hydrogens (tertiary/aromatic N) is 1. The van der Waals surface area contributed by atoms with E-state index in [4.69, 9.17) is 5.11 Å². The number of aromatic carboxylic acids is 1. The lowest BCUT2D eigenvalue weighted by atomic mass is 10.2. The van der Waals surface area contributed by atoms with Crippen LogP contribution in [-0.2, 0) is 15.6 Å². The molecule has 104 valence electrons. The third-order valence-electron chi connectivity index (χ3n) is 2.57. The zero-order valence-electron chi connectivity index (χ0n) is 10.6. The molecule has 0 saturated heterocycles. The average Bonchev–Trinajstić information content (AvgIpc) is 2.36. The number of hydrogen-bond acceptors (Lipinski definition) is 3. The lowest BCUT2D eigenvalue weighted by Crippen LogP contribution is -2.30. The van der Waals surface area contributed by atoms with Gasteiger partial charge in [0.25, 0.3) is 0 Å². The van der Waals surface area contributed by atoms with Gasteiger partial charge in [0.15, 0.2) is 0 Å². The van der Waals surface area contributed by atoms with Gasteiger partial charge in [-0.05, 0) is 25.1 Å². The summed E-state index contributed by atoms with van der Waals surface area (Å²) in [7, 11) is -0.0705. The number of benzene rings is 1. The SMILES string of the molecule is CCN(C)C(=O)CS(=O)c1cc(Br)ccc1C(=O)O. The highest BCUT2D eigenvalue weighted by atomic mass is 79.9. The molecule has 0 heterocycles. The summed E-state index contributed by atoms with van der Waals surface area (Å²) in [4.78, 5) is 24.4. The fourth-order valence-electron chi connectivity index (χ4n) is 1.34. The van der Waals surface area contributed by atoms with Crippen molar-refractivity contribution in [2.24, 2.45) is 0 Å². The summed E-state index contributed by atoms with van der Waals surface area (Å²) in [5.41, 5.74) is -0.0477. The minimum absolute atomic E-state index is 0.0477. The van der Waals surface area contributed by atoms with E-state index in [1.807, 2.05) is 6.92 Å². The zero-order valence-corrected chi connectivity index (χ0v) is 13.0. The van der Waals surface area contributed by atoms with E-state index in [0.29, 0.717) is 11.0 Å². The van der Waals surface area contributed by atoms with E-state index in [9.17, 15) is 13.8 Å². The number of hydrogen-bond donors (Lipinski definition) is 1. The fraction of sp³-hybridized carbons (Fsp3) is 0.333. The Labute approximate surface area is 122 Å². The van der Waals surface area contributed by atoms with Gasteiger partial charge >= 0.3 is 5.97 Å². The Morgan fingerprint density at radius 2 is 2.05 bits per heavy atom. The van der Waals surface area contributed by atoms with Gasteiger partial charge in [-0.25, -0.2) is 4.79 Å². The van der Waals surface area contributed by atoms with Gasteiger partial charge in [0.1, 0.15) is 5.75 Å². The van der Waals surface area contributed by atoms with Crippen molar-refractivity contribution in [2.45, 2.75) is 11.8 Å². The molecule has 0 aliphatic rings. The Morgan fingerprint density at radius 3 is 2.58 bits per heavy atom. The molecule has 1 unspecified atom stereocenters. The smallest absolute Gasteiger partial charge is 0.336 e. The highest BCUT2D eigenvalue weighted by Crippen LogP contribution is 2.20. The molecule has 1 N–H and O–H groups in total. The fourth-order valence-corrected chi connectivity index (χ4v) is 3.11. The molecular formula is C12H14BrNO4S. The second-order valence-electron chi connectivity index (χ2n) is 3.84. The summed E-state index contributed by atoms with van der Waals surface area (Å²) < 4.78 is 12.8. The molecule has 0 radical (unpaired) electrons. The molecular weight excluding hydrogens is 334 g/mol. The van der Waals surface area contributed by atoms with E-state index in [-0.39, 0.29) is 22.1 Å². The number of halogens is 1. The maximum absolute atomic E-state index is 12.1. The normalized spacial score (nSPS) is 11.9. The van der Waals surface area contributed by atoms with Gasteiger partial charge in [0, 0.05) is 18.1 Å². The Kier molecular flexibility index (Phi) is 5.68. The monoisotopic (exact) mass is 347 g/mol. The van der Waals surface area contributed by atoms with Crippen molar-refractivity contribution in [2.75, 3.05) is 19.3 Å². The summed E-state index contributed by atoms with van der Waals surface area (Å²) in [5, 5.41) is 9.05. The van der Waals surface area contributed by atoms with E-state index in [1.54, 1.807) is 13.1 Å². The van der Waals surface area contributed by atoms with Crippen molar-refractivity contribution >= 4 is 38.6 Å². The van der Waals surface area contributed by atoms with Crippen molar-refractivity contribution in [1.29, 1.82) is 0 Å². The molecule has 0 aliphatic heterocycles. The first-order chi connectivity index (χ1) is 8.86. The second kappa shape index (κ2) is 6.81. The molecule has 5 nitrogen and oxygen atoms in total. The van der Waals surface area contributed by atoms with E-state index >= 15 is 0 Å². The number of carbonyl (C=O) groups excluding carboxylic acids is 1. The van der Waals surface area contributed by atoms with Gasteiger partial charge < -0.3 is 10.0 Å². The molecule has 0 aliphatic carbocycles. The van der Waals surface area contributed by atoms with Gasteiger partial charge in [0.05, 0.1) is 21.3 Å². The zero-order chi connectivity index (χ0) is 14.6. The van der Waals surface area contributed by atoms with Crippen molar-refractivity contribution in [3.63, 3.8) is 0 Å². The molecule has 1 aromatic carbocycles. The van der Waals surface area contributed by atoms with Gasteiger partial charge in [-0.2, -0.15) is 0 Å². The van der Waals surface area contributed by atoms with Crippen LogP contribution in [-0.4, -0.2) is 45.4 Å². The van der Waals surface area contributed by atoms with Crippen LogP contribution in [0.2, 0.25) is 0 Å². The van der Waals surface area contributed by atoms with Crippen molar-refractivity contribution < 1.29 is 18.9 Å². The highest BCUT2D eigenvalue weighted by molar-refractivity contribution is 9.10. The summed E-state index contributed by atoms with van der Waals surface area (Å²) >= 11 is 3.20. The minimum Gasteiger partial charge on any atom is -0.478 e. The Morgan fingerprint density at radius 1 is 1.42 bits per heavy atom. The third kappa shape index (κ3) is 4.14. The Bertz CT molecular complexity index is 532. The van der Waals surface area contributed by atoms with E-state index < -0.39 is 16.8 Å². The summed E-state index contributed by atoms with van der Waals surface area (Å²) in [5.74, 6) is -1.66. The number of carboxylic acids is 1. The maximum Gasteiger partial charge on any atom is 0.336 e. The first-order valence-corrected chi connectivity index (χ1v) is 7.63. The van der Waals surface area contributed by atoms with Crippen LogP contribution in [0.1, 0.15) is 17.3 Å². The predicted octanol–water partition coefficient (Wildman–Crippen LogP) is 1.73.